The van der Waals surface area contributed by atoms with Crippen molar-refractivity contribution < 1.29 is 19.1 Å². The van der Waals surface area contributed by atoms with Crippen molar-refractivity contribution in [1.82, 2.24) is 0 Å². The van der Waals surface area contributed by atoms with Crippen LogP contribution < -0.4 is 10.1 Å². The maximum Gasteiger partial charge on any atom is 0.341 e. The maximum atomic E-state index is 12.6. The number of aryl methyl sites for hydroxylation is 2. The van der Waals surface area contributed by atoms with Crippen LogP contribution in [0.15, 0.2) is 47.8 Å². The van der Waals surface area contributed by atoms with E-state index in [9.17, 15) is 9.59 Å². The normalized spacial score (nSPS) is 10.5. The highest BCUT2D eigenvalue weighted by Crippen LogP contribution is 2.36. The second-order valence-electron chi connectivity index (χ2n) is 6.69. The molecule has 3 rings (SSSR count). The molecule has 0 atom stereocenters. The van der Waals surface area contributed by atoms with Gasteiger partial charge in [0.2, 0.25) is 0 Å². The van der Waals surface area contributed by atoms with Gasteiger partial charge in [-0.25, -0.2) is 4.79 Å². The zero-order chi connectivity index (χ0) is 21.7. The van der Waals surface area contributed by atoms with E-state index in [1.165, 1.54) is 11.3 Å². The number of esters is 1. The first-order valence-electron chi connectivity index (χ1n) is 9.43. The molecule has 0 fully saturated rings. The Morgan fingerprint density at radius 2 is 1.83 bits per heavy atom. The van der Waals surface area contributed by atoms with Crippen molar-refractivity contribution in [2.24, 2.45) is 0 Å². The van der Waals surface area contributed by atoms with E-state index >= 15 is 0 Å². The van der Waals surface area contributed by atoms with E-state index < -0.39 is 5.97 Å². The first kappa shape index (κ1) is 21.9. The standard InChI is InChI=1S/C23H22ClNO4S/c1-4-28-23(27)21-18(16-7-9-17(24)10-8-16)13-30-22(21)25-20(26)12-29-19-11-14(2)5-6-15(19)3/h5-11,13H,4,12H2,1-3H3,(H,25,26). The summed E-state index contributed by atoms with van der Waals surface area (Å²) in [5, 5.41) is 5.62. The first-order valence-corrected chi connectivity index (χ1v) is 10.7. The van der Waals surface area contributed by atoms with E-state index in [-0.39, 0.29) is 19.1 Å². The summed E-state index contributed by atoms with van der Waals surface area (Å²) in [4.78, 5) is 25.1. The summed E-state index contributed by atoms with van der Waals surface area (Å²) in [5.41, 5.74) is 3.81. The molecule has 7 heteroatoms. The van der Waals surface area contributed by atoms with Crippen LogP contribution in [-0.4, -0.2) is 25.1 Å². The summed E-state index contributed by atoms with van der Waals surface area (Å²) in [6, 6.07) is 13.0. The maximum absolute atomic E-state index is 12.6. The molecule has 0 spiro atoms. The lowest BCUT2D eigenvalue weighted by Gasteiger charge is -2.11. The van der Waals surface area contributed by atoms with Gasteiger partial charge >= 0.3 is 5.97 Å². The summed E-state index contributed by atoms with van der Waals surface area (Å²) in [6.45, 7) is 5.69. The van der Waals surface area contributed by atoms with Crippen molar-refractivity contribution in [3.8, 4) is 16.9 Å². The minimum atomic E-state index is -0.491. The van der Waals surface area contributed by atoms with Gasteiger partial charge in [-0.05, 0) is 55.7 Å². The number of rotatable bonds is 7. The van der Waals surface area contributed by atoms with E-state index in [0.29, 0.717) is 26.9 Å². The van der Waals surface area contributed by atoms with Crippen molar-refractivity contribution in [3.05, 3.63) is 69.6 Å². The quantitative estimate of drug-likeness (QED) is 0.463. The molecule has 1 N–H and O–H groups in total. The number of ether oxygens (including phenoxy) is 2. The lowest BCUT2D eigenvalue weighted by molar-refractivity contribution is -0.118. The number of amides is 1. The third-order valence-electron chi connectivity index (χ3n) is 4.38. The van der Waals surface area contributed by atoms with Crippen molar-refractivity contribution in [2.75, 3.05) is 18.5 Å². The molecule has 0 aliphatic heterocycles. The van der Waals surface area contributed by atoms with Gasteiger partial charge in [-0.15, -0.1) is 11.3 Å². The molecule has 0 aliphatic rings. The minimum Gasteiger partial charge on any atom is -0.483 e. The fourth-order valence-corrected chi connectivity index (χ4v) is 3.97. The Morgan fingerprint density at radius 3 is 2.53 bits per heavy atom. The number of hydrogen-bond acceptors (Lipinski definition) is 5. The van der Waals surface area contributed by atoms with Gasteiger partial charge < -0.3 is 14.8 Å². The van der Waals surface area contributed by atoms with Gasteiger partial charge in [0.05, 0.1) is 6.61 Å². The van der Waals surface area contributed by atoms with Crippen LogP contribution in [0.1, 0.15) is 28.4 Å². The van der Waals surface area contributed by atoms with Crippen molar-refractivity contribution in [1.29, 1.82) is 0 Å². The number of hydrogen-bond donors (Lipinski definition) is 1. The Hall–Kier alpha value is -2.83. The van der Waals surface area contributed by atoms with Crippen LogP contribution in [0, 0.1) is 13.8 Å². The fourth-order valence-electron chi connectivity index (χ4n) is 2.87. The highest BCUT2D eigenvalue weighted by Gasteiger charge is 2.23. The molecular formula is C23H22ClNO4S. The Morgan fingerprint density at radius 1 is 1.10 bits per heavy atom. The van der Waals surface area contributed by atoms with Crippen LogP contribution in [0.3, 0.4) is 0 Å². The van der Waals surface area contributed by atoms with Crippen LogP contribution in [0.2, 0.25) is 5.02 Å². The van der Waals surface area contributed by atoms with E-state index in [4.69, 9.17) is 21.1 Å². The lowest BCUT2D eigenvalue weighted by atomic mass is 10.0. The van der Waals surface area contributed by atoms with Crippen LogP contribution in [-0.2, 0) is 9.53 Å². The van der Waals surface area contributed by atoms with Gasteiger partial charge in [-0.2, -0.15) is 0 Å². The molecule has 0 bridgehead atoms. The number of benzene rings is 2. The molecule has 156 valence electrons. The third-order valence-corrected chi connectivity index (χ3v) is 5.53. The third kappa shape index (κ3) is 5.20. The van der Waals surface area contributed by atoms with Gasteiger partial charge in [-0.1, -0.05) is 35.9 Å². The Bertz CT molecular complexity index is 1060. The molecule has 0 aliphatic carbocycles. The van der Waals surface area contributed by atoms with Crippen molar-refractivity contribution in [2.45, 2.75) is 20.8 Å². The van der Waals surface area contributed by atoms with E-state index in [0.717, 1.165) is 16.7 Å². The monoisotopic (exact) mass is 443 g/mol. The zero-order valence-electron chi connectivity index (χ0n) is 17.0. The van der Waals surface area contributed by atoms with Crippen LogP contribution in [0.25, 0.3) is 11.1 Å². The van der Waals surface area contributed by atoms with Gasteiger partial charge in [0.25, 0.3) is 5.91 Å². The summed E-state index contributed by atoms with van der Waals surface area (Å²) in [5.74, 6) is -0.191. The zero-order valence-corrected chi connectivity index (χ0v) is 18.5. The predicted molar refractivity (Wildman–Crippen MR) is 121 cm³/mol. The molecule has 1 heterocycles. The number of anilines is 1. The van der Waals surface area contributed by atoms with Gasteiger partial charge in [-0.3, -0.25) is 4.79 Å². The van der Waals surface area contributed by atoms with Gasteiger partial charge in [0.15, 0.2) is 6.61 Å². The molecule has 3 aromatic rings. The van der Waals surface area contributed by atoms with Crippen molar-refractivity contribution in [3.63, 3.8) is 0 Å². The SMILES string of the molecule is CCOC(=O)c1c(-c2ccc(Cl)cc2)csc1NC(=O)COc1cc(C)ccc1C. The number of thiophene rings is 1. The molecule has 30 heavy (non-hydrogen) atoms. The molecule has 0 radical (unpaired) electrons. The molecule has 0 saturated carbocycles. The number of carbonyl (C=O) groups is 2. The first-order chi connectivity index (χ1) is 14.4. The average Bonchev–Trinajstić information content (AvgIpc) is 3.13. The summed E-state index contributed by atoms with van der Waals surface area (Å²) in [7, 11) is 0. The molecule has 1 amide bonds. The van der Waals surface area contributed by atoms with E-state index in [1.54, 1.807) is 19.1 Å². The Balaban J connectivity index is 1.80. The largest absolute Gasteiger partial charge is 0.483 e. The van der Waals surface area contributed by atoms with Crippen LogP contribution in [0.5, 0.6) is 5.75 Å². The minimum absolute atomic E-state index is 0.166. The second kappa shape index (κ2) is 9.78. The molecular weight excluding hydrogens is 422 g/mol. The fraction of sp³-hybridized carbons (Fsp3) is 0.217. The smallest absolute Gasteiger partial charge is 0.341 e. The summed E-state index contributed by atoms with van der Waals surface area (Å²) < 4.78 is 10.9. The Kier molecular flexibility index (Phi) is 7.13. The number of carbonyl (C=O) groups excluding carboxylic acids is 2. The molecule has 5 nitrogen and oxygen atoms in total. The number of nitrogens with one attached hydrogen (secondary N) is 1. The summed E-state index contributed by atoms with van der Waals surface area (Å²) in [6.07, 6.45) is 0. The summed E-state index contributed by atoms with van der Waals surface area (Å²) >= 11 is 7.24. The van der Waals surface area contributed by atoms with Crippen LogP contribution in [0.4, 0.5) is 5.00 Å². The molecule has 0 unspecified atom stereocenters. The van der Waals surface area contributed by atoms with Gasteiger partial charge in [0, 0.05) is 16.0 Å². The predicted octanol–water partition coefficient (Wildman–Crippen LogP) is 5.88. The van der Waals surface area contributed by atoms with E-state index in [2.05, 4.69) is 5.32 Å². The number of halogens is 1. The lowest BCUT2D eigenvalue weighted by Crippen LogP contribution is -2.21. The molecule has 2 aromatic carbocycles. The second-order valence-corrected chi connectivity index (χ2v) is 8.00. The highest BCUT2D eigenvalue weighted by atomic mass is 35.5. The topological polar surface area (TPSA) is 64.6 Å². The average molecular weight is 444 g/mol. The highest BCUT2D eigenvalue weighted by molar-refractivity contribution is 7.15. The molecule has 0 saturated heterocycles. The Labute approximate surface area is 184 Å². The molecule has 1 aromatic heterocycles. The van der Waals surface area contributed by atoms with Crippen LogP contribution >= 0.6 is 22.9 Å². The van der Waals surface area contributed by atoms with Gasteiger partial charge in [0.1, 0.15) is 16.3 Å². The van der Waals surface area contributed by atoms with Crippen molar-refractivity contribution >= 4 is 39.8 Å². The van der Waals surface area contributed by atoms with E-state index in [1.807, 2.05) is 49.6 Å².